The highest BCUT2D eigenvalue weighted by molar-refractivity contribution is 6.17. The normalized spacial score (nSPS) is 11.3. The molecule has 0 fully saturated rings. The second kappa shape index (κ2) is 12.2. The Morgan fingerprint density at radius 2 is 0.837 bits per heavy atom. The summed E-state index contributed by atoms with van der Waals surface area (Å²) >= 11 is 0. The van der Waals surface area contributed by atoms with Crippen LogP contribution in [-0.2, 0) is 0 Å². The maximum absolute atomic E-state index is 5.20. The van der Waals surface area contributed by atoms with E-state index < -0.39 is 0 Å². The highest BCUT2D eigenvalue weighted by atomic mass is 15.0. The van der Waals surface area contributed by atoms with Crippen molar-refractivity contribution in [1.29, 1.82) is 0 Å². The van der Waals surface area contributed by atoms with Gasteiger partial charge in [-0.05, 0) is 52.6 Å². The van der Waals surface area contributed by atoms with Crippen LogP contribution in [0, 0.1) is 0 Å². The van der Waals surface area contributed by atoms with Gasteiger partial charge >= 0.3 is 0 Å². The first kappa shape index (κ1) is 28.6. The Morgan fingerprint density at radius 3 is 1.55 bits per heavy atom. The number of benzene rings is 7. The summed E-state index contributed by atoms with van der Waals surface area (Å²) < 4.78 is 2.38. The van der Waals surface area contributed by atoms with Crippen LogP contribution >= 0.6 is 0 Å². The van der Waals surface area contributed by atoms with Crippen LogP contribution in [0.2, 0.25) is 0 Å². The number of rotatable bonds is 6. The van der Waals surface area contributed by atoms with Crippen molar-refractivity contribution in [3.05, 3.63) is 188 Å². The molecule has 0 atom stereocenters. The van der Waals surface area contributed by atoms with Crippen LogP contribution in [0.4, 0.5) is 0 Å². The van der Waals surface area contributed by atoms with E-state index in [1.54, 1.807) is 0 Å². The highest BCUT2D eigenvalue weighted by Crippen LogP contribution is 2.43. The summed E-state index contributed by atoms with van der Waals surface area (Å²) in [7, 11) is 0. The van der Waals surface area contributed by atoms with Gasteiger partial charge in [0.1, 0.15) is 0 Å². The van der Waals surface area contributed by atoms with Gasteiger partial charge in [-0.15, -0.1) is 0 Å². The summed E-state index contributed by atoms with van der Waals surface area (Å²) in [6, 6.07) is 66.1. The Balaban J connectivity index is 1.28. The van der Waals surface area contributed by atoms with Gasteiger partial charge in [0.05, 0.1) is 22.4 Å². The molecule has 0 unspecified atom stereocenters. The Hall–Kier alpha value is -6.58. The van der Waals surface area contributed by atoms with E-state index in [0.717, 1.165) is 44.9 Å². The number of para-hydroxylation sites is 2. The molecule has 7 aromatic carbocycles. The number of fused-ring (bicyclic) bond motifs is 3. The fraction of sp³-hybridized carbons (Fsp3) is 0. The third kappa shape index (κ3) is 5.09. The van der Waals surface area contributed by atoms with Crippen LogP contribution in [0.15, 0.2) is 188 Å². The number of hydrogen-bond donors (Lipinski definition) is 0. The molecule has 9 aromatic rings. The zero-order valence-electron chi connectivity index (χ0n) is 26.7. The zero-order chi connectivity index (χ0) is 32.6. The Labute approximate surface area is 285 Å². The molecule has 49 heavy (non-hydrogen) atoms. The van der Waals surface area contributed by atoms with Gasteiger partial charge in [-0.3, -0.25) is 0 Å². The number of nitrogens with zero attached hydrogens (tertiary/aromatic N) is 3. The summed E-state index contributed by atoms with van der Waals surface area (Å²) in [5.41, 5.74) is 13.1. The lowest BCUT2D eigenvalue weighted by Gasteiger charge is -2.16. The standard InChI is InChI=1S/C46H31N3/c1-4-17-32(18-5-1)41-31-42(48-46(47-41)33-19-6-2-7-20-33)38-26-13-12-24-36(38)35-23-10-11-25-37(35)39-28-16-30-44-45(39)40-27-14-15-29-43(40)49(44)34-21-8-3-9-22-34/h1-31H. The summed E-state index contributed by atoms with van der Waals surface area (Å²) in [6.07, 6.45) is 0. The zero-order valence-corrected chi connectivity index (χ0v) is 26.7. The summed E-state index contributed by atoms with van der Waals surface area (Å²) in [4.78, 5) is 10.2. The quantitative estimate of drug-likeness (QED) is 0.184. The summed E-state index contributed by atoms with van der Waals surface area (Å²) in [5, 5.41) is 2.47. The minimum atomic E-state index is 0.707. The average molecular weight is 626 g/mol. The Bertz CT molecular complexity index is 2530. The molecule has 0 bridgehead atoms. The van der Waals surface area contributed by atoms with E-state index in [9.17, 15) is 0 Å². The minimum Gasteiger partial charge on any atom is -0.309 e. The van der Waals surface area contributed by atoms with Gasteiger partial charge in [0, 0.05) is 33.2 Å². The van der Waals surface area contributed by atoms with E-state index in [0.29, 0.717) is 5.82 Å². The van der Waals surface area contributed by atoms with Crippen LogP contribution in [0.5, 0.6) is 0 Å². The van der Waals surface area contributed by atoms with Crippen LogP contribution in [0.25, 0.3) is 83.6 Å². The van der Waals surface area contributed by atoms with E-state index in [4.69, 9.17) is 9.97 Å². The first-order valence-electron chi connectivity index (χ1n) is 16.6. The molecule has 0 aliphatic rings. The lowest BCUT2D eigenvalue weighted by atomic mass is 9.89. The molecule has 0 N–H and O–H groups in total. The number of hydrogen-bond acceptors (Lipinski definition) is 2. The fourth-order valence-electron chi connectivity index (χ4n) is 7.05. The predicted octanol–water partition coefficient (Wildman–Crippen LogP) is 11.9. The van der Waals surface area contributed by atoms with Gasteiger partial charge in [0.2, 0.25) is 0 Å². The molecule has 3 heteroatoms. The van der Waals surface area contributed by atoms with Crippen molar-refractivity contribution >= 4 is 21.8 Å². The topological polar surface area (TPSA) is 30.7 Å². The van der Waals surface area contributed by atoms with Crippen molar-refractivity contribution in [2.24, 2.45) is 0 Å². The van der Waals surface area contributed by atoms with Crippen molar-refractivity contribution in [1.82, 2.24) is 14.5 Å². The number of aromatic nitrogens is 3. The van der Waals surface area contributed by atoms with Gasteiger partial charge < -0.3 is 4.57 Å². The van der Waals surface area contributed by atoms with Gasteiger partial charge in [0.25, 0.3) is 0 Å². The van der Waals surface area contributed by atoms with Crippen molar-refractivity contribution in [3.63, 3.8) is 0 Å². The molecule has 230 valence electrons. The summed E-state index contributed by atoms with van der Waals surface area (Å²) in [6.45, 7) is 0. The van der Waals surface area contributed by atoms with Gasteiger partial charge in [-0.2, -0.15) is 0 Å². The van der Waals surface area contributed by atoms with Crippen LogP contribution < -0.4 is 0 Å². The molecule has 9 rings (SSSR count). The molecule has 0 saturated carbocycles. The van der Waals surface area contributed by atoms with Crippen LogP contribution in [0.1, 0.15) is 0 Å². The maximum Gasteiger partial charge on any atom is 0.160 e. The van der Waals surface area contributed by atoms with Gasteiger partial charge in [-0.25, -0.2) is 9.97 Å². The monoisotopic (exact) mass is 625 g/mol. The van der Waals surface area contributed by atoms with E-state index in [2.05, 4.69) is 168 Å². The minimum absolute atomic E-state index is 0.707. The lowest BCUT2D eigenvalue weighted by Crippen LogP contribution is -1.97. The molecular formula is C46H31N3. The third-order valence-corrected chi connectivity index (χ3v) is 9.25. The maximum atomic E-state index is 5.20. The molecule has 0 aliphatic carbocycles. The van der Waals surface area contributed by atoms with E-state index in [1.807, 2.05) is 24.3 Å². The second-order valence-corrected chi connectivity index (χ2v) is 12.2. The van der Waals surface area contributed by atoms with E-state index in [1.165, 1.54) is 32.9 Å². The average Bonchev–Trinajstić information content (AvgIpc) is 3.53. The largest absolute Gasteiger partial charge is 0.309 e. The SMILES string of the molecule is c1ccc(-c2cc(-c3ccccc3-c3ccccc3-c3cccc4c3c3ccccc3n4-c3ccccc3)nc(-c3ccccc3)n2)cc1. The van der Waals surface area contributed by atoms with Gasteiger partial charge in [-0.1, -0.05) is 158 Å². The van der Waals surface area contributed by atoms with Crippen LogP contribution in [-0.4, -0.2) is 14.5 Å². The first-order chi connectivity index (χ1) is 24.3. The third-order valence-electron chi connectivity index (χ3n) is 9.25. The Morgan fingerprint density at radius 1 is 0.347 bits per heavy atom. The highest BCUT2D eigenvalue weighted by Gasteiger charge is 2.20. The molecule has 0 spiro atoms. The first-order valence-corrected chi connectivity index (χ1v) is 16.6. The second-order valence-electron chi connectivity index (χ2n) is 12.2. The van der Waals surface area contributed by atoms with Crippen molar-refractivity contribution < 1.29 is 0 Å². The predicted molar refractivity (Wildman–Crippen MR) is 204 cm³/mol. The molecule has 0 radical (unpaired) electrons. The van der Waals surface area contributed by atoms with E-state index >= 15 is 0 Å². The molecule has 3 nitrogen and oxygen atoms in total. The molecule has 2 aromatic heterocycles. The Kier molecular flexibility index (Phi) is 7.14. The van der Waals surface area contributed by atoms with Crippen molar-refractivity contribution in [2.45, 2.75) is 0 Å². The van der Waals surface area contributed by atoms with E-state index in [-0.39, 0.29) is 0 Å². The molecule has 0 aliphatic heterocycles. The molecular weight excluding hydrogens is 595 g/mol. The fourth-order valence-corrected chi connectivity index (χ4v) is 7.05. The lowest BCUT2D eigenvalue weighted by molar-refractivity contribution is 1.18. The smallest absolute Gasteiger partial charge is 0.160 e. The van der Waals surface area contributed by atoms with Crippen molar-refractivity contribution in [2.75, 3.05) is 0 Å². The molecule has 0 saturated heterocycles. The molecule has 0 amide bonds. The van der Waals surface area contributed by atoms with Crippen molar-refractivity contribution in [3.8, 4) is 61.8 Å². The van der Waals surface area contributed by atoms with Gasteiger partial charge in [0.15, 0.2) is 5.82 Å². The summed E-state index contributed by atoms with van der Waals surface area (Å²) in [5.74, 6) is 0.707. The van der Waals surface area contributed by atoms with Crippen LogP contribution in [0.3, 0.4) is 0 Å². The molecule has 2 heterocycles.